The van der Waals surface area contributed by atoms with E-state index in [1.54, 1.807) is 11.3 Å². The van der Waals surface area contributed by atoms with Crippen molar-refractivity contribution in [2.75, 3.05) is 11.9 Å². The van der Waals surface area contributed by atoms with E-state index in [0.29, 0.717) is 19.5 Å². The number of hydrogen-bond acceptors (Lipinski definition) is 4. The first-order valence-corrected chi connectivity index (χ1v) is 10.2. The summed E-state index contributed by atoms with van der Waals surface area (Å²) in [6.45, 7) is 10.2. The molecule has 0 bridgehead atoms. The largest absolute Gasteiger partial charge is 0.357 e. The van der Waals surface area contributed by atoms with Crippen LogP contribution < -0.4 is 16.0 Å². The standard InChI is InChI=1S/C20H29N5OS/c1-5-7-18(26)25-17-10-8-16(9-11-17)12-22-20(21-6-2)23-13-19-24-14(3)15(4)27-19/h8-11H,5-7,12-13H2,1-4H3,(H,25,26)(H2,21,22,23). The summed E-state index contributed by atoms with van der Waals surface area (Å²) in [5, 5.41) is 10.5. The number of anilines is 1. The van der Waals surface area contributed by atoms with Crippen molar-refractivity contribution in [2.45, 2.75) is 53.6 Å². The minimum absolute atomic E-state index is 0.0505. The predicted octanol–water partition coefficient (Wildman–Crippen LogP) is 3.75. The van der Waals surface area contributed by atoms with Gasteiger partial charge in [0.2, 0.25) is 5.91 Å². The summed E-state index contributed by atoms with van der Waals surface area (Å²) < 4.78 is 0. The zero-order valence-electron chi connectivity index (χ0n) is 16.6. The van der Waals surface area contributed by atoms with Crippen LogP contribution in [0.2, 0.25) is 0 Å². The molecule has 0 saturated heterocycles. The first-order valence-electron chi connectivity index (χ1n) is 9.35. The molecule has 1 heterocycles. The Bertz CT molecular complexity index is 748. The lowest BCUT2D eigenvalue weighted by Gasteiger charge is -2.10. The van der Waals surface area contributed by atoms with Gasteiger partial charge in [-0.2, -0.15) is 0 Å². The van der Waals surface area contributed by atoms with Crippen LogP contribution in [0.4, 0.5) is 5.69 Å². The van der Waals surface area contributed by atoms with Crippen molar-refractivity contribution < 1.29 is 4.79 Å². The van der Waals surface area contributed by atoms with Crippen LogP contribution >= 0.6 is 11.3 Å². The Labute approximate surface area is 165 Å². The van der Waals surface area contributed by atoms with Gasteiger partial charge in [0.25, 0.3) is 0 Å². The number of carbonyl (C=O) groups is 1. The fraction of sp³-hybridized carbons (Fsp3) is 0.450. The molecule has 1 amide bonds. The third-order valence-electron chi connectivity index (χ3n) is 3.96. The molecule has 0 radical (unpaired) electrons. The van der Waals surface area contributed by atoms with E-state index in [2.05, 4.69) is 32.9 Å². The number of amides is 1. The maximum Gasteiger partial charge on any atom is 0.224 e. The van der Waals surface area contributed by atoms with Crippen molar-refractivity contribution in [1.29, 1.82) is 0 Å². The molecule has 27 heavy (non-hydrogen) atoms. The Hall–Kier alpha value is -2.41. The molecule has 0 atom stereocenters. The minimum Gasteiger partial charge on any atom is -0.357 e. The molecule has 0 aliphatic rings. The van der Waals surface area contributed by atoms with E-state index in [1.807, 2.05) is 45.0 Å². The summed E-state index contributed by atoms with van der Waals surface area (Å²) in [5.41, 5.74) is 2.99. The second kappa shape index (κ2) is 10.7. The highest BCUT2D eigenvalue weighted by molar-refractivity contribution is 7.11. The van der Waals surface area contributed by atoms with Crippen LogP contribution in [0.1, 0.15) is 47.8 Å². The van der Waals surface area contributed by atoms with Gasteiger partial charge in [-0.15, -0.1) is 11.3 Å². The average molecular weight is 388 g/mol. The predicted molar refractivity (Wildman–Crippen MR) is 113 cm³/mol. The second-order valence-corrected chi connectivity index (χ2v) is 7.58. The molecule has 2 rings (SSSR count). The third kappa shape index (κ3) is 7.02. The van der Waals surface area contributed by atoms with Crippen molar-refractivity contribution >= 4 is 28.9 Å². The number of nitrogens with one attached hydrogen (secondary N) is 3. The molecule has 3 N–H and O–H groups in total. The number of guanidine groups is 1. The molecule has 0 aliphatic heterocycles. The fourth-order valence-electron chi connectivity index (χ4n) is 2.43. The second-order valence-electron chi connectivity index (χ2n) is 6.29. The van der Waals surface area contributed by atoms with E-state index in [9.17, 15) is 4.79 Å². The van der Waals surface area contributed by atoms with Crippen molar-refractivity contribution in [3.8, 4) is 0 Å². The van der Waals surface area contributed by atoms with E-state index >= 15 is 0 Å². The lowest BCUT2D eigenvalue weighted by Crippen LogP contribution is -2.36. The quantitative estimate of drug-likeness (QED) is 0.476. The number of aliphatic imine (C=N–C) groups is 1. The van der Waals surface area contributed by atoms with Crippen molar-refractivity contribution in [2.24, 2.45) is 4.99 Å². The van der Waals surface area contributed by atoms with Crippen LogP contribution in [0.25, 0.3) is 0 Å². The van der Waals surface area contributed by atoms with Crippen LogP contribution in [0, 0.1) is 13.8 Å². The molecule has 7 heteroatoms. The van der Waals surface area contributed by atoms with Gasteiger partial charge in [-0.3, -0.25) is 4.79 Å². The summed E-state index contributed by atoms with van der Waals surface area (Å²) >= 11 is 1.71. The molecule has 1 aromatic heterocycles. The summed E-state index contributed by atoms with van der Waals surface area (Å²) in [4.78, 5) is 22.1. The molecule has 0 aliphatic carbocycles. The van der Waals surface area contributed by atoms with Gasteiger partial charge >= 0.3 is 0 Å². The fourth-order valence-corrected chi connectivity index (χ4v) is 3.30. The highest BCUT2D eigenvalue weighted by Crippen LogP contribution is 2.16. The van der Waals surface area contributed by atoms with Crippen LogP contribution in [0.3, 0.4) is 0 Å². The Morgan fingerprint density at radius 1 is 1.15 bits per heavy atom. The lowest BCUT2D eigenvalue weighted by atomic mass is 10.2. The molecule has 0 spiro atoms. The van der Waals surface area contributed by atoms with E-state index in [-0.39, 0.29) is 5.91 Å². The van der Waals surface area contributed by atoms with Gasteiger partial charge < -0.3 is 16.0 Å². The first kappa shape index (κ1) is 20.9. The summed E-state index contributed by atoms with van der Waals surface area (Å²) in [6, 6.07) is 7.81. The van der Waals surface area contributed by atoms with Crippen molar-refractivity contribution in [3.63, 3.8) is 0 Å². The SMILES string of the molecule is CCCC(=O)Nc1ccc(CN=C(NCC)NCc2nc(C)c(C)s2)cc1. The van der Waals surface area contributed by atoms with Gasteiger partial charge in [-0.1, -0.05) is 19.1 Å². The topological polar surface area (TPSA) is 78.4 Å². The number of benzene rings is 1. The van der Waals surface area contributed by atoms with Crippen LogP contribution in [-0.2, 0) is 17.9 Å². The Morgan fingerprint density at radius 3 is 2.48 bits per heavy atom. The molecule has 0 saturated carbocycles. The van der Waals surface area contributed by atoms with Gasteiger partial charge in [0.1, 0.15) is 5.01 Å². The average Bonchev–Trinajstić information content (AvgIpc) is 2.96. The smallest absolute Gasteiger partial charge is 0.224 e. The molecule has 2 aromatic rings. The monoisotopic (exact) mass is 387 g/mol. The third-order valence-corrected chi connectivity index (χ3v) is 5.03. The zero-order chi connectivity index (χ0) is 19.6. The summed E-state index contributed by atoms with van der Waals surface area (Å²) in [7, 11) is 0. The van der Waals surface area contributed by atoms with Gasteiger partial charge in [-0.05, 0) is 44.9 Å². The van der Waals surface area contributed by atoms with Crippen LogP contribution in [0.5, 0.6) is 0 Å². The van der Waals surface area contributed by atoms with E-state index in [4.69, 9.17) is 0 Å². The molecule has 0 unspecified atom stereocenters. The normalized spacial score (nSPS) is 11.3. The highest BCUT2D eigenvalue weighted by Gasteiger charge is 2.05. The van der Waals surface area contributed by atoms with Gasteiger partial charge in [0, 0.05) is 23.5 Å². The number of rotatable bonds is 8. The summed E-state index contributed by atoms with van der Waals surface area (Å²) in [6.07, 6.45) is 1.39. The number of aryl methyl sites for hydroxylation is 2. The molecule has 1 aromatic carbocycles. The first-order chi connectivity index (χ1) is 13.0. The molecule has 0 fully saturated rings. The van der Waals surface area contributed by atoms with Crippen LogP contribution in [0.15, 0.2) is 29.3 Å². The van der Waals surface area contributed by atoms with Gasteiger partial charge in [-0.25, -0.2) is 9.98 Å². The number of nitrogens with zero attached hydrogens (tertiary/aromatic N) is 2. The Balaban J connectivity index is 1.92. The van der Waals surface area contributed by atoms with Crippen molar-refractivity contribution in [3.05, 3.63) is 45.4 Å². The van der Waals surface area contributed by atoms with E-state index in [0.717, 1.165) is 40.9 Å². The molecular formula is C20H29N5OS. The number of carbonyl (C=O) groups excluding carboxylic acids is 1. The Morgan fingerprint density at radius 2 is 1.89 bits per heavy atom. The molecule has 6 nitrogen and oxygen atoms in total. The minimum atomic E-state index is 0.0505. The highest BCUT2D eigenvalue weighted by atomic mass is 32.1. The number of thiazole rings is 1. The lowest BCUT2D eigenvalue weighted by molar-refractivity contribution is -0.116. The zero-order valence-corrected chi connectivity index (χ0v) is 17.4. The maximum atomic E-state index is 11.6. The van der Waals surface area contributed by atoms with E-state index < -0.39 is 0 Å². The molecule has 146 valence electrons. The van der Waals surface area contributed by atoms with E-state index in [1.165, 1.54) is 4.88 Å². The maximum absolute atomic E-state index is 11.6. The number of hydrogen-bond donors (Lipinski definition) is 3. The van der Waals surface area contributed by atoms with Gasteiger partial charge in [0.05, 0.1) is 18.8 Å². The Kier molecular flexibility index (Phi) is 8.26. The van der Waals surface area contributed by atoms with Crippen molar-refractivity contribution in [1.82, 2.24) is 15.6 Å². The number of aromatic nitrogens is 1. The van der Waals surface area contributed by atoms with Gasteiger partial charge in [0.15, 0.2) is 5.96 Å². The summed E-state index contributed by atoms with van der Waals surface area (Å²) in [5.74, 6) is 0.817. The van der Waals surface area contributed by atoms with Crippen LogP contribution in [-0.4, -0.2) is 23.4 Å². The molecular weight excluding hydrogens is 358 g/mol.